The first-order chi connectivity index (χ1) is 8.33. The molecule has 0 radical (unpaired) electrons. The van der Waals surface area contributed by atoms with E-state index >= 15 is 0 Å². The fourth-order valence-corrected chi connectivity index (χ4v) is 2.06. The summed E-state index contributed by atoms with van der Waals surface area (Å²) in [6.07, 6.45) is 8.07. The van der Waals surface area contributed by atoms with Gasteiger partial charge in [0.25, 0.3) is 0 Å². The highest BCUT2D eigenvalue weighted by Crippen LogP contribution is 2.05. The zero-order valence-electron chi connectivity index (χ0n) is 10.3. The Morgan fingerprint density at radius 3 is 2.94 bits per heavy atom. The van der Waals surface area contributed by atoms with Gasteiger partial charge in [0.15, 0.2) is 0 Å². The number of unbranched alkanes of at least 4 members (excludes halogenated alkanes) is 4. The lowest BCUT2D eigenvalue weighted by atomic mass is 10.1. The number of thiophene rings is 1. The lowest BCUT2D eigenvalue weighted by Crippen LogP contribution is -2.16. The zero-order valence-corrected chi connectivity index (χ0v) is 11.1. The first kappa shape index (κ1) is 13.9. The SMILES string of the molecule is CCCCCCCC(=O)N/N=C\c1cccs1. The first-order valence-electron chi connectivity index (χ1n) is 6.18. The van der Waals surface area contributed by atoms with E-state index < -0.39 is 0 Å². The molecule has 0 aromatic carbocycles. The first-order valence-corrected chi connectivity index (χ1v) is 7.06. The predicted octanol–water partition coefficient (Wildman–Crippen LogP) is 3.56. The summed E-state index contributed by atoms with van der Waals surface area (Å²) in [5, 5.41) is 5.90. The van der Waals surface area contributed by atoms with Gasteiger partial charge in [0.1, 0.15) is 0 Å². The van der Waals surface area contributed by atoms with E-state index in [1.165, 1.54) is 19.3 Å². The maximum Gasteiger partial charge on any atom is 0.240 e. The molecule has 1 amide bonds. The minimum absolute atomic E-state index is 0.00862. The summed E-state index contributed by atoms with van der Waals surface area (Å²) >= 11 is 1.60. The van der Waals surface area contributed by atoms with Gasteiger partial charge in [-0.05, 0) is 17.9 Å². The van der Waals surface area contributed by atoms with Crippen LogP contribution in [0.4, 0.5) is 0 Å². The van der Waals surface area contributed by atoms with E-state index in [4.69, 9.17) is 0 Å². The molecule has 0 atom stereocenters. The lowest BCUT2D eigenvalue weighted by Gasteiger charge is -1.99. The number of hydrogen-bond acceptors (Lipinski definition) is 3. The van der Waals surface area contributed by atoms with Gasteiger partial charge in [-0.1, -0.05) is 38.7 Å². The molecule has 0 aliphatic rings. The molecule has 1 heterocycles. The minimum Gasteiger partial charge on any atom is -0.273 e. The maximum absolute atomic E-state index is 11.4. The Kier molecular flexibility index (Phi) is 7.30. The highest BCUT2D eigenvalue weighted by Gasteiger charge is 1.98. The lowest BCUT2D eigenvalue weighted by molar-refractivity contribution is -0.121. The molecular formula is C13H20N2OS. The molecule has 0 saturated heterocycles. The van der Waals surface area contributed by atoms with Crippen LogP contribution in [0.5, 0.6) is 0 Å². The van der Waals surface area contributed by atoms with Gasteiger partial charge in [-0.15, -0.1) is 11.3 Å². The topological polar surface area (TPSA) is 41.5 Å². The molecule has 1 N–H and O–H groups in total. The molecule has 0 bridgehead atoms. The van der Waals surface area contributed by atoms with Crippen molar-refractivity contribution in [1.82, 2.24) is 5.43 Å². The molecule has 17 heavy (non-hydrogen) atoms. The van der Waals surface area contributed by atoms with Gasteiger partial charge in [-0.25, -0.2) is 5.43 Å². The van der Waals surface area contributed by atoms with Gasteiger partial charge in [0.05, 0.1) is 6.21 Å². The van der Waals surface area contributed by atoms with Crippen LogP contribution in [0.3, 0.4) is 0 Å². The average Bonchev–Trinajstić information content (AvgIpc) is 2.82. The quantitative estimate of drug-likeness (QED) is 0.429. The number of hydrogen-bond donors (Lipinski definition) is 1. The van der Waals surface area contributed by atoms with Crippen LogP contribution in [0.15, 0.2) is 22.6 Å². The molecule has 0 aliphatic carbocycles. The molecular weight excluding hydrogens is 232 g/mol. The normalized spacial score (nSPS) is 10.9. The number of amides is 1. The van der Waals surface area contributed by atoms with Crippen LogP contribution in [-0.4, -0.2) is 12.1 Å². The summed E-state index contributed by atoms with van der Waals surface area (Å²) in [7, 11) is 0. The van der Waals surface area contributed by atoms with E-state index in [1.807, 2.05) is 17.5 Å². The largest absolute Gasteiger partial charge is 0.273 e. The van der Waals surface area contributed by atoms with Crippen LogP contribution in [0, 0.1) is 0 Å². The van der Waals surface area contributed by atoms with Gasteiger partial charge in [0, 0.05) is 11.3 Å². The molecule has 0 saturated carbocycles. The van der Waals surface area contributed by atoms with Crippen molar-refractivity contribution in [3.05, 3.63) is 22.4 Å². The highest BCUT2D eigenvalue weighted by atomic mass is 32.1. The Hall–Kier alpha value is -1.16. The van der Waals surface area contributed by atoms with Crippen molar-refractivity contribution in [3.63, 3.8) is 0 Å². The molecule has 1 rings (SSSR count). The molecule has 0 spiro atoms. The van der Waals surface area contributed by atoms with Crippen molar-refractivity contribution in [2.75, 3.05) is 0 Å². The average molecular weight is 252 g/mol. The second-order valence-corrected chi connectivity index (χ2v) is 4.95. The van der Waals surface area contributed by atoms with E-state index in [0.29, 0.717) is 6.42 Å². The second kappa shape index (κ2) is 8.93. The third-order valence-corrected chi connectivity index (χ3v) is 3.24. The van der Waals surface area contributed by atoms with Gasteiger partial charge in [0.2, 0.25) is 5.91 Å². The van der Waals surface area contributed by atoms with E-state index in [0.717, 1.165) is 17.7 Å². The standard InChI is InChI=1S/C13H20N2OS/c1-2-3-4-5-6-9-13(16)15-14-11-12-8-7-10-17-12/h7-8,10-11H,2-6,9H2,1H3,(H,15,16)/b14-11-. The van der Waals surface area contributed by atoms with Crippen LogP contribution >= 0.6 is 11.3 Å². The number of nitrogens with one attached hydrogen (secondary N) is 1. The number of nitrogens with zero attached hydrogens (tertiary/aromatic N) is 1. The van der Waals surface area contributed by atoms with Crippen LogP contribution in [0.2, 0.25) is 0 Å². The van der Waals surface area contributed by atoms with Gasteiger partial charge < -0.3 is 0 Å². The predicted molar refractivity (Wildman–Crippen MR) is 73.4 cm³/mol. The Balaban J connectivity index is 2.05. The Labute approximate surface area is 107 Å². The molecule has 3 nitrogen and oxygen atoms in total. The third kappa shape index (κ3) is 6.89. The molecule has 0 aliphatic heterocycles. The highest BCUT2D eigenvalue weighted by molar-refractivity contribution is 7.11. The zero-order chi connectivity index (χ0) is 12.3. The van der Waals surface area contributed by atoms with Crippen molar-refractivity contribution in [3.8, 4) is 0 Å². The van der Waals surface area contributed by atoms with Crippen LogP contribution in [-0.2, 0) is 4.79 Å². The number of carbonyl (C=O) groups is 1. The van der Waals surface area contributed by atoms with Crippen LogP contribution in [0.25, 0.3) is 0 Å². The van der Waals surface area contributed by atoms with Gasteiger partial charge in [-0.2, -0.15) is 5.10 Å². The summed E-state index contributed by atoms with van der Waals surface area (Å²) in [5.74, 6) is 0.00862. The Bertz CT molecular complexity index is 333. The fraction of sp³-hybridized carbons (Fsp3) is 0.538. The summed E-state index contributed by atoms with van der Waals surface area (Å²) in [6.45, 7) is 2.19. The van der Waals surface area contributed by atoms with Gasteiger partial charge in [-0.3, -0.25) is 4.79 Å². The monoisotopic (exact) mass is 252 g/mol. The third-order valence-electron chi connectivity index (χ3n) is 2.43. The molecule has 1 aromatic rings. The van der Waals surface area contributed by atoms with Gasteiger partial charge >= 0.3 is 0 Å². The van der Waals surface area contributed by atoms with Crippen LogP contribution in [0.1, 0.15) is 50.3 Å². The summed E-state index contributed by atoms with van der Waals surface area (Å²) in [5.41, 5.74) is 2.55. The number of hydrazone groups is 1. The van der Waals surface area contributed by atoms with E-state index in [2.05, 4.69) is 17.5 Å². The van der Waals surface area contributed by atoms with E-state index in [1.54, 1.807) is 17.6 Å². The number of rotatable bonds is 8. The van der Waals surface area contributed by atoms with Crippen molar-refractivity contribution in [2.45, 2.75) is 45.4 Å². The fourth-order valence-electron chi connectivity index (χ4n) is 1.48. The summed E-state index contributed by atoms with van der Waals surface area (Å²) in [4.78, 5) is 12.4. The molecule has 94 valence electrons. The smallest absolute Gasteiger partial charge is 0.240 e. The molecule has 1 aromatic heterocycles. The van der Waals surface area contributed by atoms with Crippen molar-refractivity contribution >= 4 is 23.5 Å². The molecule has 0 fully saturated rings. The van der Waals surface area contributed by atoms with Crippen LogP contribution < -0.4 is 5.43 Å². The molecule has 4 heteroatoms. The summed E-state index contributed by atoms with van der Waals surface area (Å²) in [6, 6.07) is 3.92. The Morgan fingerprint density at radius 2 is 2.24 bits per heavy atom. The minimum atomic E-state index is 0.00862. The summed E-state index contributed by atoms with van der Waals surface area (Å²) < 4.78 is 0. The van der Waals surface area contributed by atoms with Crippen molar-refractivity contribution in [2.24, 2.45) is 5.10 Å². The number of carbonyl (C=O) groups excluding carboxylic acids is 1. The Morgan fingerprint density at radius 1 is 1.41 bits per heavy atom. The second-order valence-electron chi connectivity index (χ2n) is 3.97. The van der Waals surface area contributed by atoms with E-state index in [9.17, 15) is 4.79 Å². The molecule has 0 unspecified atom stereocenters. The van der Waals surface area contributed by atoms with E-state index in [-0.39, 0.29) is 5.91 Å². The van der Waals surface area contributed by atoms with Crippen molar-refractivity contribution in [1.29, 1.82) is 0 Å². The maximum atomic E-state index is 11.4. The van der Waals surface area contributed by atoms with Crippen molar-refractivity contribution < 1.29 is 4.79 Å².